The van der Waals surface area contributed by atoms with Crippen LogP contribution in [0.15, 0.2) is 23.1 Å². The van der Waals surface area contributed by atoms with Crippen LogP contribution in [0.1, 0.15) is 45.4 Å². The molecule has 0 atom stereocenters. The summed E-state index contributed by atoms with van der Waals surface area (Å²) < 4.78 is 45.0. The molecule has 154 valence electrons. The Balaban J connectivity index is 2.26. The summed E-state index contributed by atoms with van der Waals surface area (Å²) in [5, 5.41) is 8.52. The zero-order valence-electron chi connectivity index (χ0n) is 15.6. The molecule has 0 fully saturated rings. The Morgan fingerprint density at radius 1 is 1.22 bits per heavy atom. The first-order chi connectivity index (χ1) is 12.8. The molecule has 0 aliphatic rings. The number of sulfonamides is 1. The van der Waals surface area contributed by atoms with E-state index in [4.69, 9.17) is 9.84 Å². The molecule has 6 nitrogen and oxygen atoms in total. The SMILES string of the molecule is CCCCCCCCS(=O)(=O)NCCSc1ccc(OCC(=O)O)c(F)c1. The van der Waals surface area contributed by atoms with Gasteiger partial charge in [-0.2, -0.15) is 0 Å². The Labute approximate surface area is 164 Å². The van der Waals surface area contributed by atoms with Crippen LogP contribution in [0.3, 0.4) is 0 Å². The third-order valence-electron chi connectivity index (χ3n) is 3.71. The number of carbonyl (C=O) groups is 1. The summed E-state index contributed by atoms with van der Waals surface area (Å²) in [6.07, 6.45) is 6.16. The van der Waals surface area contributed by atoms with Crippen LogP contribution in [0.5, 0.6) is 5.75 Å². The molecular formula is C18H28FNO5S2. The standard InChI is InChI=1S/C18H28FNO5S2/c1-2-3-4-5-6-7-12-27(23,24)20-10-11-26-15-8-9-17(16(19)13-15)25-14-18(21)22/h8-9,13,20H,2-7,10-12,14H2,1H3,(H,21,22). The monoisotopic (exact) mass is 421 g/mol. The van der Waals surface area contributed by atoms with Crippen LogP contribution in [-0.4, -0.2) is 44.2 Å². The van der Waals surface area contributed by atoms with Crippen molar-refractivity contribution in [2.45, 2.75) is 50.3 Å². The summed E-state index contributed by atoms with van der Waals surface area (Å²) >= 11 is 1.31. The van der Waals surface area contributed by atoms with Crippen LogP contribution in [-0.2, 0) is 14.8 Å². The van der Waals surface area contributed by atoms with Gasteiger partial charge >= 0.3 is 5.97 Å². The molecule has 0 spiro atoms. The van der Waals surface area contributed by atoms with Crippen molar-refractivity contribution < 1.29 is 27.4 Å². The highest BCUT2D eigenvalue weighted by atomic mass is 32.2. The maximum absolute atomic E-state index is 13.8. The van der Waals surface area contributed by atoms with E-state index in [1.807, 2.05) is 0 Å². The first-order valence-corrected chi connectivity index (χ1v) is 11.7. The minimum Gasteiger partial charge on any atom is -0.479 e. The minimum atomic E-state index is -3.27. The van der Waals surface area contributed by atoms with Gasteiger partial charge in [-0.05, 0) is 24.6 Å². The van der Waals surface area contributed by atoms with E-state index in [1.54, 1.807) is 6.07 Å². The molecular weight excluding hydrogens is 393 g/mol. The summed E-state index contributed by atoms with van der Waals surface area (Å²) in [4.78, 5) is 11.0. The van der Waals surface area contributed by atoms with E-state index >= 15 is 0 Å². The first-order valence-electron chi connectivity index (χ1n) is 9.08. The van der Waals surface area contributed by atoms with E-state index in [0.717, 1.165) is 19.3 Å². The number of carboxylic acids is 1. The molecule has 0 amide bonds. The number of thioether (sulfide) groups is 1. The van der Waals surface area contributed by atoms with Gasteiger partial charge in [0.2, 0.25) is 10.0 Å². The van der Waals surface area contributed by atoms with Crippen molar-refractivity contribution in [3.63, 3.8) is 0 Å². The molecule has 0 aliphatic carbocycles. The van der Waals surface area contributed by atoms with E-state index in [-0.39, 0.29) is 18.0 Å². The van der Waals surface area contributed by atoms with Crippen LogP contribution >= 0.6 is 11.8 Å². The summed E-state index contributed by atoms with van der Waals surface area (Å²) in [5.74, 6) is -1.36. The third kappa shape index (κ3) is 11.2. The Hall–Kier alpha value is -1.32. The lowest BCUT2D eigenvalue weighted by Crippen LogP contribution is -2.28. The fourth-order valence-corrected chi connectivity index (χ4v) is 4.40. The van der Waals surface area contributed by atoms with Crippen LogP contribution in [0, 0.1) is 5.82 Å². The minimum absolute atomic E-state index is 0.124. The summed E-state index contributed by atoms with van der Waals surface area (Å²) in [7, 11) is -3.27. The molecule has 2 N–H and O–H groups in total. The predicted molar refractivity (Wildman–Crippen MR) is 105 cm³/mol. The third-order valence-corrected chi connectivity index (χ3v) is 6.18. The van der Waals surface area contributed by atoms with Crippen LogP contribution in [0.2, 0.25) is 0 Å². The molecule has 9 heteroatoms. The molecule has 0 unspecified atom stereocenters. The van der Waals surface area contributed by atoms with E-state index in [9.17, 15) is 17.6 Å². The molecule has 0 radical (unpaired) electrons. The van der Waals surface area contributed by atoms with Gasteiger partial charge in [-0.3, -0.25) is 0 Å². The zero-order valence-corrected chi connectivity index (χ0v) is 17.2. The van der Waals surface area contributed by atoms with Crippen molar-refractivity contribution in [2.24, 2.45) is 0 Å². The van der Waals surface area contributed by atoms with Crippen molar-refractivity contribution in [1.82, 2.24) is 4.72 Å². The fourth-order valence-electron chi connectivity index (χ4n) is 2.34. The molecule has 1 rings (SSSR count). The van der Waals surface area contributed by atoms with Crippen molar-refractivity contribution >= 4 is 27.8 Å². The highest BCUT2D eigenvalue weighted by Crippen LogP contribution is 2.24. The molecule has 0 aliphatic heterocycles. The number of benzene rings is 1. The van der Waals surface area contributed by atoms with Gasteiger partial charge in [0, 0.05) is 17.2 Å². The predicted octanol–water partition coefficient (Wildman–Crippen LogP) is 3.66. The summed E-state index contributed by atoms with van der Waals surface area (Å²) in [6, 6.07) is 4.21. The topological polar surface area (TPSA) is 92.7 Å². The fraction of sp³-hybridized carbons (Fsp3) is 0.611. The van der Waals surface area contributed by atoms with Gasteiger partial charge in [0.05, 0.1) is 5.75 Å². The number of hydrogen-bond acceptors (Lipinski definition) is 5. The van der Waals surface area contributed by atoms with Gasteiger partial charge in [0.25, 0.3) is 0 Å². The zero-order chi connectivity index (χ0) is 20.1. The second-order valence-electron chi connectivity index (χ2n) is 6.10. The molecule has 27 heavy (non-hydrogen) atoms. The van der Waals surface area contributed by atoms with E-state index in [2.05, 4.69) is 11.6 Å². The number of aliphatic carboxylic acids is 1. The molecule has 0 saturated carbocycles. The van der Waals surface area contributed by atoms with Gasteiger partial charge in [0.1, 0.15) is 0 Å². The smallest absolute Gasteiger partial charge is 0.341 e. The molecule has 0 saturated heterocycles. The Kier molecular flexibility index (Phi) is 11.4. The Morgan fingerprint density at radius 2 is 1.93 bits per heavy atom. The van der Waals surface area contributed by atoms with Crippen LogP contribution in [0.4, 0.5) is 4.39 Å². The maximum atomic E-state index is 13.8. The van der Waals surface area contributed by atoms with Gasteiger partial charge < -0.3 is 9.84 Å². The van der Waals surface area contributed by atoms with Gasteiger partial charge in [0.15, 0.2) is 18.2 Å². The second kappa shape index (κ2) is 13.0. The number of nitrogens with one attached hydrogen (secondary N) is 1. The number of unbranched alkanes of at least 4 members (excludes halogenated alkanes) is 5. The van der Waals surface area contributed by atoms with Crippen molar-refractivity contribution in [3.8, 4) is 5.75 Å². The molecule has 0 heterocycles. The number of hydrogen-bond donors (Lipinski definition) is 2. The van der Waals surface area contributed by atoms with Crippen molar-refractivity contribution in [3.05, 3.63) is 24.0 Å². The normalized spacial score (nSPS) is 11.5. The highest BCUT2D eigenvalue weighted by Gasteiger charge is 2.10. The largest absolute Gasteiger partial charge is 0.479 e. The lowest BCUT2D eigenvalue weighted by Gasteiger charge is -2.08. The quantitative estimate of drug-likeness (QED) is 0.332. The average molecular weight is 422 g/mol. The van der Waals surface area contributed by atoms with Gasteiger partial charge in [-0.15, -0.1) is 11.8 Å². The average Bonchev–Trinajstić information content (AvgIpc) is 2.61. The molecule has 0 aromatic heterocycles. The number of ether oxygens (including phenoxy) is 1. The second-order valence-corrected chi connectivity index (χ2v) is 9.20. The number of halogens is 1. The maximum Gasteiger partial charge on any atom is 0.341 e. The highest BCUT2D eigenvalue weighted by molar-refractivity contribution is 7.99. The lowest BCUT2D eigenvalue weighted by atomic mass is 10.1. The van der Waals surface area contributed by atoms with E-state index in [1.165, 1.54) is 36.7 Å². The summed E-state index contributed by atoms with van der Waals surface area (Å²) in [5.41, 5.74) is 0. The lowest BCUT2D eigenvalue weighted by molar-refractivity contribution is -0.139. The van der Waals surface area contributed by atoms with Crippen molar-refractivity contribution in [1.29, 1.82) is 0 Å². The number of rotatable bonds is 15. The Bertz CT molecular complexity index is 682. The van der Waals surface area contributed by atoms with E-state index < -0.39 is 28.4 Å². The first kappa shape index (κ1) is 23.7. The summed E-state index contributed by atoms with van der Waals surface area (Å²) in [6.45, 7) is 1.80. The van der Waals surface area contributed by atoms with E-state index in [0.29, 0.717) is 17.1 Å². The number of carboxylic acid groups (broad SMARTS) is 1. The van der Waals surface area contributed by atoms with Gasteiger partial charge in [-0.1, -0.05) is 39.0 Å². The van der Waals surface area contributed by atoms with Crippen LogP contribution in [0.25, 0.3) is 0 Å². The van der Waals surface area contributed by atoms with Gasteiger partial charge in [-0.25, -0.2) is 22.3 Å². The molecule has 1 aromatic rings. The van der Waals surface area contributed by atoms with Crippen molar-refractivity contribution in [2.75, 3.05) is 24.7 Å². The Morgan fingerprint density at radius 3 is 2.59 bits per heavy atom. The molecule has 1 aromatic carbocycles. The molecule has 0 bridgehead atoms. The van der Waals surface area contributed by atoms with Crippen LogP contribution < -0.4 is 9.46 Å².